The lowest BCUT2D eigenvalue weighted by atomic mass is 9.82. The van der Waals surface area contributed by atoms with E-state index in [1.165, 1.54) is 44.3 Å². The Morgan fingerprint density at radius 2 is 2.35 bits per heavy atom. The third-order valence-corrected chi connectivity index (χ3v) is 4.91. The first kappa shape index (κ1) is 11.6. The van der Waals surface area contributed by atoms with Gasteiger partial charge in [0.15, 0.2) is 0 Å². The molecule has 1 aliphatic heterocycles. The van der Waals surface area contributed by atoms with Crippen molar-refractivity contribution in [1.82, 2.24) is 5.32 Å². The Hall–Kier alpha value is -0.500. The number of hydrogen-bond acceptors (Lipinski definition) is 2. The van der Waals surface area contributed by atoms with Crippen LogP contribution in [0, 0.1) is 17.8 Å². The van der Waals surface area contributed by atoms with Gasteiger partial charge in [-0.25, -0.2) is 0 Å². The molecule has 0 radical (unpaired) electrons. The summed E-state index contributed by atoms with van der Waals surface area (Å²) in [4.78, 5) is 0. The highest BCUT2D eigenvalue weighted by Gasteiger charge is 2.44. The highest BCUT2D eigenvalue weighted by atomic mass is 16.5. The Morgan fingerprint density at radius 3 is 2.94 bits per heavy atom. The molecule has 4 unspecified atom stereocenters. The minimum Gasteiger partial charge on any atom is -0.497 e. The summed E-state index contributed by atoms with van der Waals surface area (Å²) >= 11 is 0. The summed E-state index contributed by atoms with van der Waals surface area (Å²) in [5.41, 5.74) is 0. The van der Waals surface area contributed by atoms with Crippen LogP contribution in [0.15, 0.2) is 11.8 Å². The first-order chi connectivity index (χ1) is 8.38. The van der Waals surface area contributed by atoms with E-state index < -0.39 is 0 Å². The van der Waals surface area contributed by atoms with Gasteiger partial charge in [0.1, 0.15) is 5.76 Å². The predicted octanol–water partition coefficient (Wildman–Crippen LogP) is 3.10. The first-order valence-electron chi connectivity index (χ1n) is 7.44. The Kier molecular flexibility index (Phi) is 3.41. The average Bonchev–Trinajstić information content (AvgIpc) is 2.99. The van der Waals surface area contributed by atoms with E-state index in [-0.39, 0.29) is 0 Å². The predicted molar refractivity (Wildman–Crippen MR) is 69.7 cm³/mol. The average molecular weight is 235 g/mol. The second-order valence-corrected chi connectivity index (χ2v) is 5.97. The Bertz CT molecular complexity index is 299. The van der Waals surface area contributed by atoms with Crippen LogP contribution >= 0.6 is 0 Å². The zero-order chi connectivity index (χ0) is 11.7. The highest BCUT2D eigenvalue weighted by Crippen LogP contribution is 2.50. The minimum atomic E-state index is 0.510. The smallest absolute Gasteiger partial charge is 0.109 e. The standard InChI is InChI=1S/C15H25NO/c1-2-16-15(14-5-3-4-8-17-14)13-10-11-6-7-12(13)9-11/h5,11-13,15-16H,2-4,6-10H2,1H3. The lowest BCUT2D eigenvalue weighted by Crippen LogP contribution is -2.41. The van der Waals surface area contributed by atoms with Crippen molar-refractivity contribution in [3.8, 4) is 0 Å². The normalized spacial score (nSPS) is 37.7. The summed E-state index contributed by atoms with van der Waals surface area (Å²) in [6, 6.07) is 0.510. The second kappa shape index (κ2) is 5.01. The van der Waals surface area contributed by atoms with E-state index in [0.29, 0.717) is 6.04 Å². The third kappa shape index (κ3) is 2.24. The fourth-order valence-corrected chi connectivity index (χ4v) is 4.18. The SMILES string of the molecule is CCNC(C1=CCCCO1)C1CC2CCC1C2. The van der Waals surface area contributed by atoms with Crippen LogP contribution in [0.2, 0.25) is 0 Å². The van der Waals surface area contributed by atoms with Gasteiger partial charge in [-0.15, -0.1) is 0 Å². The van der Waals surface area contributed by atoms with Crippen molar-refractivity contribution in [2.24, 2.45) is 17.8 Å². The molecule has 0 aromatic rings. The van der Waals surface area contributed by atoms with E-state index >= 15 is 0 Å². The van der Waals surface area contributed by atoms with Crippen LogP contribution in [0.5, 0.6) is 0 Å². The Balaban J connectivity index is 1.73. The van der Waals surface area contributed by atoms with Crippen LogP contribution in [0.4, 0.5) is 0 Å². The molecule has 2 bridgehead atoms. The Labute approximate surface area is 105 Å². The van der Waals surface area contributed by atoms with Crippen LogP contribution in [-0.2, 0) is 4.74 Å². The van der Waals surface area contributed by atoms with Gasteiger partial charge in [-0.05, 0) is 62.5 Å². The van der Waals surface area contributed by atoms with Gasteiger partial charge in [-0.1, -0.05) is 13.3 Å². The van der Waals surface area contributed by atoms with Crippen molar-refractivity contribution in [3.63, 3.8) is 0 Å². The number of nitrogens with one attached hydrogen (secondary N) is 1. The van der Waals surface area contributed by atoms with Crippen molar-refractivity contribution in [3.05, 3.63) is 11.8 Å². The monoisotopic (exact) mass is 235 g/mol. The number of ether oxygens (including phenoxy) is 1. The molecule has 0 aromatic heterocycles. The number of allylic oxidation sites excluding steroid dienone is 1. The second-order valence-electron chi connectivity index (χ2n) is 5.97. The van der Waals surface area contributed by atoms with Crippen molar-refractivity contribution in [2.75, 3.05) is 13.2 Å². The fourth-order valence-electron chi connectivity index (χ4n) is 4.18. The van der Waals surface area contributed by atoms with E-state index in [4.69, 9.17) is 4.74 Å². The maximum Gasteiger partial charge on any atom is 0.109 e. The largest absolute Gasteiger partial charge is 0.497 e. The molecule has 0 aromatic carbocycles. The third-order valence-electron chi connectivity index (χ3n) is 4.91. The molecule has 1 heterocycles. The Morgan fingerprint density at radius 1 is 1.41 bits per heavy atom. The number of fused-ring (bicyclic) bond motifs is 2. The van der Waals surface area contributed by atoms with Gasteiger partial charge in [0.2, 0.25) is 0 Å². The van der Waals surface area contributed by atoms with Crippen LogP contribution in [-0.4, -0.2) is 19.2 Å². The van der Waals surface area contributed by atoms with Gasteiger partial charge >= 0.3 is 0 Å². The summed E-state index contributed by atoms with van der Waals surface area (Å²) in [6.07, 6.45) is 10.6. The highest BCUT2D eigenvalue weighted by molar-refractivity contribution is 5.11. The summed E-state index contributed by atoms with van der Waals surface area (Å²) in [5, 5.41) is 3.69. The summed E-state index contributed by atoms with van der Waals surface area (Å²) < 4.78 is 5.91. The minimum absolute atomic E-state index is 0.510. The van der Waals surface area contributed by atoms with E-state index in [1.807, 2.05) is 0 Å². The molecule has 3 aliphatic rings. The molecular formula is C15H25NO. The lowest BCUT2D eigenvalue weighted by molar-refractivity contribution is 0.135. The van der Waals surface area contributed by atoms with Crippen molar-refractivity contribution in [2.45, 2.75) is 51.5 Å². The maximum absolute atomic E-state index is 5.91. The zero-order valence-electron chi connectivity index (χ0n) is 11.0. The summed E-state index contributed by atoms with van der Waals surface area (Å²) in [5.74, 6) is 4.10. The van der Waals surface area contributed by atoms with Gasteiger partial charge in [-0.2, -0.15) is 0 Å². The molecule has 2 heteroatoms. The molecule has 2 nitrogen and oxygen atoms in total. The molecule has 3 rings (SSSR count). The number of hydrogen-bond donors (Lipinski definition) is 1. The van der Waals surface area contributed by atoms with Crippen molar-refractivity contribution < 1.29 is 4.74 Å². The molecule has 2 fully saturated rings. The number of likely N-dealkylation sites (N-methyl/N-ethyl adjacent to an activating group) is 1. The van der Waals surface area contributed by atoms with Gasteiger partial charge in [-0.3, -0.25) is 0 Å². The van der Waals surface area contributed by atoms with Gasteiger partial charge in [0.05, 0.1) is 12.6 Å². The van der Waals surface area contributed by atoms with Crippen LogP contribution in [0.25, 0.3) is 0 Å². The molecule has 0 amide bonds. The summed E-state index contributed by atoms with van der Waals surface area (Å²) in [7, 11) is 0. The van der Waals surface area contributed by atoms with Gasteiger partial charge < -0.3 is 10.1 Å². The quantitative estimate of drug-likeness (QED) is 0.808. The van der Waals surface area contributed by atoms with Gasteiger partial charge in [0, 0.05) is 0 Å². The molecule has 2 aliphatic carbocycles. The molecule has 0 spiro atoms. The van der Waals surface area contributed by atoms with Gasteiger partial charge in [0.25, 0.3) is 0 Å². The summed E-state index contributed by atoms with van der Waals surface area (Å²) in [6.45, 7) is 4.19. The fraction of sp³-hybridized carbons (Fsp3) is 0.867. The van der Waals surface area contributed by atoms with Crippen molar-refractivity contribution >= 4 is 0 Å². The maximum atomic E-state index is 5.91. The van der Waals surface area contributed by atoms with Crippen LogP contribution in [0.1, 0.15) is 45.4 Å². The molecule has 96 valence electrons. The lowest BCUT2D eigenvalue weighted by Gasteiger charge is -2.33. The number of rotatable bonds is 4. The van der Waals surface area contributed by atoms with Crippen LogP contribution in [0.3, 0.4) is 0 Å². The molecule has 1 N–H and O–H groups in total. The van der Waals surface area contributed by atoms with Crippen molar-refractivity contribution in [1.29, 1.82) is 0 Å². The first-order valence-corrected chi connectivity index (χ1v) is 7.44. The van der Waals surface area contributed by atoms with E-state index in [9.17, 15) is 0 Å². The van der Waals surface area contributed by atoms with Crippen LogP contribution < -0.4 is 5.32 Å². The molecule has 0 saturated heterocycles. The van der Waals surface area contributed by atoms with E-state index in [1.54, 1.807) is 0 Å². The molecular weight excluding hydrogens is 210 g/mol. The molecule has 2 saturated carbocycles. The van der Waals surface area contributed by atoms with E-state index in [2.05, 4.69) is 18.3 Å². The molecule has 4 atom stereocenters. The zero-order valence-corrected chi connectivity index (χ0v) is 11.0. The molecule has 17 heavy (non-hydrogen) atoms. The van der Waals surface area contributed by atoms with E-state index in [0.717, 1.165) is 30.9 Å². The topological polar surface area (TPSA) is 21.3 Å².